The van der Waals surface area contributed by atoms with E-state index >= 15 is 0 Å². The summed E-state index contributed by atoms with van der Waals surface area (Å²) in [5, 5.41) is 3.43. The molecule has 0 aromatic carbocycles. The van der Waals surface area contributed by atoms with E-state index in [1.165, 1.54) is 14.0 Å². The Morgan fingerprint density at radius 1 is 1.36 bits per heavy atom. The molecule has 0 saturated carbocycles. The van der Waals surface area contributed by atoms with E-state index in [4.69, 9.17) is 0 Å². The molecule has 0 aromatic heterocycles. The van der Waals surface area contributed by atoms with Gasteiger partial charge in [0.2, 0.25) is 5.71 Å². The van der Waals surface area contributed by atoms with E-state index in [2.05, 4.69) is 14.7 Å². The maximum Gasteiger partial charge on any atom is 0.360 e. The number of hydrogen-bond acceptors (Lipinski definition) is 5. The van der Waals surface area contributed by atoms with E-state index < -0.39 is 11.9 Å². The summed E-state index contributed by atoms with van der Waals surface area (Å²) < 4.78 is 4.49. The molecule has 0 atom stereocenters. The Kier molecular flexibility index (Phi) is 5.94. The lowest BCUT2D eigenvalue weighted by Crippen LogP contribution is -2.25. The molecule has 0 aromatic rings. The Bertz CT molecular complexity index is 250. The van der Waals surface area contributed by atoms with Crippen LogP contribution in [-0.2, 0) is 30.1 Å². The third-order valence-corrected chi connectivity index (χ3v) is 1.98. The highest BCUT2D eigenvalue weighted by Crippen LogP contribution is 1.93. The van der Waals surface area contributed by atoms with Crippen LogP contribution in [0.25, 0.3) is 0 Å². The highest BCUT2D eigenvalue weighted by Gasteiger charge is 2.20. The fraction of sp³-hybridized carbons (Fsp3) is 0.625. The largest absolute Gasteiger partial charge is 0.464 e. The lowest BCUT2D eigenvalue weighted by molar-refractivity contribution is -0.141. The van der Waals surface area contributed by atoms with Gasteiger partial charge in [0.05, 0.1) is 19.6 Å². The lowest BCUT2D eigenvalue weighted by atomic mass is 10.4. The smallest absolute Gasteiger partial charge is 0.360 e. The summed E-state index contributed by atoms with van der Waals surface area (Å²) in [5.74, 6) is -0.675. The van der Waals surface area contributed by atoms with Gasteiger partial charge in [0.1, 0.15) is 0 Å². The molecule has 14 heavy (non-hydrogen) atoms. The first kappa shape index (κ1) is 13.0. The van der Waals surface area contributed by atoms with Gasteiger partial charge >= 0.3 is 11.9 Å². The average Bonchev–Trinajstić information content (AvgIpc) is 2.10. The van der Waals surface area contributed by atoms with Crippen LogP contribution in [0.1, 0.15) is 6.92 Å². The standard InChI is InChI=1S/C8H14NO4S/c1-6(10)13-9-7(5-14(3)4)8(11)12-2/h5H2,1-4H3/q+1. The van der Waals surface area contributed by atoms with E-state index in [1.807, 2.05) is 12.5 Å². The molecule has 6 heteroatoms. The second-order valence-corrected chi connectivity index (χ2v) is 5.00. The molecule has 80 valence electrons. The zero-order valence-corrected chi connectivity index (χ0v) is 9.51. The maximum atomic E-state index is 11.1. The summed E-state index contributed by atoms with van der Waals surface area (Å²) in [6, 6.07) is 0. The van der Waals surface area contributed by atoms with Crippen molar-refractivity contribution < 1.29 is 19.2 Å². The van der Waals surface area contributed by atoms with Crippen molar-refractivity contribution in [2.75, 3.05) is 25.4 Å². The van der Waals surface area contributed by atoms with Gasteiger partial charge in [0.15, 0.2) is 5.75 Å². The van der Waals surface area contributed by atoms with Gasteiger partial charge in [-0.25, -0.2) is 9.59 Å². The van der Waals surface area contributed by atoms with Gasteiger partial charge in [-0.2, -0.15) is 0 Å². The molecule has 0 N–H and O–H groups in total. The van der Waals surface area contributed by atoms with Crippen LogP contribution in [0.4, 0.5) is 0 Å². The quantitative estimate of drug-likeness (QED) is 0.219. The van der Waals surface area contributed by atoms with Gasteiger partial charge in [-0.3, -0.25) is 0 Å². The van der Waals surface area contributed by atoms with Crippen molar-refractivity contribution in [1.82, 2.24) is 0 Å². The van der Waals surface area contributed by atoms with Crippen LogP contribution >= 0.6 is 0 Å². The van der Waals surface area contributed by atoms with Crippen molar-refractivity contribution in [3.05, 3.63) is 0 Å². The number of methoxy groups -OCH3 is 1. The molecule has 0 radical (unpaired) electrons. The highest BCUT2D eigenvalue weighted by molar-refractivity contribution is 7.96. The molecule has 0 bridgehead atoms. The molecule has 0 heterocycles. The van der Waals surface area contributed by atoms with Gasteiger partial charge in [0.25, 0.3) is 0 Å². The SMILES string of the molecule is COC(=O)C(C[S+](C)C)=NOC(C)=O. The topological polar surface area (TPSA) is 65.0 Å². The summed E-state index contributed by atoms with van der Waals surface area (Å²) in [6.07, 6.45) is 3.90. The zero-order chi connectivity index (χ0) is 11.1. The van der Waals surface area contributed by atoms with Crippen LogP contribution in [0.15, 0.2) is 5.16 Å². The number of carbonyl (C=O) groups is 2. The maximum absolute atomic E-state index is 11.1. The minimum atomic E-state index is -0.563. The predicted octanol–water partition coefficient (Wildman–Crippen LogP) is -0.0436. The Morgan fingerprint density at radius 3 is 2.29 bits per heavy atom. The second-order valence-electron chi connectivity index (χ2n) is 2.74. The predicted molar refractivity (Wildman–Crippen MR) is 55.3 cm³/mol. The molecule has 0 aliphatic rings. The number of carbonyl (C=O) groups excluding carboxylic acids is 2. The van der Waals surface area contributed by atoms with Crippen LogP contribution in [0, 0.1) is 0 Å². The lowest BCUT2D eigenvalue weighted by Gasteiger charge is -2.00. The van der Waals surface area contributed by atoms with Crippen molar-refractivity contribution in [3.8, 4) is 0 Å². The third-order valence-electron chi connectivity index (χ3n) is 1.13. The molecule has 0 spiro atoms. The molecule has 0 aliphatic carbocycles. The van der Waals surface area contributed by atoms with Gasteiger partial charge < -0.3 is 9.57 Å². The second kappa shape index (κ2) is 6.42. The third kappa shape index (κ3) is 5.58. The van der Waals surface area contributed by atoms with Crippen LogP contribution in [-0.4, -0.2) is 43.0 Å². The Labute approximate surface area is 85.8 Å². The Balaban J connectivity index is 4.45. The molecular weight excluding hydrogens is 206 g/mol. The van der Waals surface area contributed by atoms with Gasteiger partial charge in [0, 0.05) is 6.92 Å². The van der Waals surface area contributed by atoms with Gasteiger partial charge in [-0.1, -0.05) is 5.16 Å². The van der Waals surface area contributed by atoms with Crippen molar-refractivity contribution in [3.63, 3.8) is 0 Å². The first-order chi connectivity index (χ1) is 6.47. The van der Waals surface area contributed by atoms with E-state index in [1.54, 1.807) is 0 Å². The van der Waals surface area contributed by atoms with Crippen LogP contribution in [0.2, 0.25) is 0 Å². The summed E-state index contributed by atoms with van der Waals surface area (Å²) in [4.78, 5) is 26.0. The molecule has 0 unspecified atom stereocenters. The zero-order valence-electron chi connectivity index (χ0n) is 8.70. The number of ether oxygens (including phenoxy) is 1. The summed E-state index contributed by atoms with van der Waals surface area (Å²) in [5.41, 5.74) is 0.135. The van der Waals surface area contributed by atoms with E-state index in [0.717, 1.165) is 0 Å². The number of rotatable bonds is 4. The number of hydrogen-bond donors (Lipinski definition) is 0. The minimum Gasteiger partial charge on any atom is -0.464 e. The fourth-order valence-electron chi connectivity index (χ4n) is 0.633. The molecule has 0 fully saturated rings. The molecule has 0 saturated heterocycles. The van der Waals surface area contributed by atoms with Crippen LogP contribution in [0.3, 0.4) is 0 Å². The van der Waals surface area contributed by atoms with Crippen LogP contribution < -0.4 is 0 Å². The van der Waals surface area contributed by atoms with Crippen LogP contribution in [0.5, 0.6) is 0 Å². The summed E-state index contributed by atoms with van der Waals surface area (Å²) in [6.45, 7) is 1.22. The molecule has 0 rings (SSSR count). The van der Waals surface area contributed by atoms with Crippen molar-refractivity contribution >= 4 is 28.5 Å². The Hall–Kier alpha value is -1.04. The van der Waals surface area contributed by atoms with Crippen molar-refractivity contribution in [2.24, 2.45) is 5.16 Å². The first-order valence-electron chi connectivity index (χ1n) is 3.84. The Morgan fingerprint density at radius 2 is 1.93 bits per heavy atom. The van der Waals surface area contributed by atoms with Gasteiger partial charge in [-0.15, -0.1) is 0 Å². The highest BCUT2D eigenvalue weighted by atomic mass is 32.2. The minimum absolute atomic E-state index is 0.00545. The molecule has 5 nitrogen and oxygen atoms in total. The van der Waals surface area contributed by atoms with Gasteiger partial charge in [-0.05, 0) is 10.9 Å². The molecule has 0 aliphatic heterocycles. The normalized spacial score (nSPS) is 11.4. The number of esters is 1. The van der Waals surface area contributed by atoms with E-state index in [0.29, 0.717) is 5.75 Å². The first-order valence-corrected chi connectivity index (χ1v) is 6.05. The molecular formula is C8H14NO4S+. The summed E-state index contributed by atoms with van der Waals surface area (Å²) >= 11 is 0. The average molecular weight is 220 g/mol. The number of oxime groups is 1. The van der Waals surface area contributed by atoms with E-state index in [-0.39, 0.29) is 16.6 Å². The van der Waals surface area contributed by atoms with Crippen molar-refractivity contribution in [2.45, 2.75) is 6.92 Å². The van der Waals surface area contributed by atoms with Crippen molar-refractivity contribution in [1.29, 1.82) is 0 Å². The fourth-order valence-corrected chi connectivity index (χ4v) is 1.35. The summed E-state index contributed by atoms with van der Waals surface area (Å²) in [7, 11) is 1.25. The van der Waals surface area contributed by atoms with E-state index in [9.17, 15) is 9.59 Å². The monoisotopic (exact) mass is 220 g/mol. The number of nitrogens with zero attached hydrogens (tertiary/aromatic N) is 1. The molecule has 0 amide bonds.